The number of nitrogens with two attached hydrogens (primary N) is 1. The fourth-order valence-corrected chi connectivity index (χ4v) is 3.52. The Morgan fingerprint density at radius 1 is 1.19 bits per heavy atom. The van der Waals surface area contributed by atoms with Crippen molar-refractivity contribution in [1.82, 2.24) is 9.88 Å². The van der Waals surface area contributed by atoms with Crippen LogP contribution in [-0.2, 0) is 13.1 Å². The molecule has 0 saturated carbocycles. The van der Waals surface area contributed by atoms with Gasteiger partial charge in [-0.2, -0.15) is 0 Å². The normalized spacial score (nSPS) is 16.4. The van der Waals surface area contributed by atoms with Crippen molar-refractivity contribution in [1.29, 1.82) is 0 Å². The average molecular weight is 323 g/mol. The molecule has 112 valence electrons. The van der Waals surface area contributed by atoms with Crippen LogP contribution in [0.15, 0.2) is 29.6 Å². The van der Waals surface area contributed by atoms with Crippen molar-refractivity contribution in [3.05, 3.63) is 45.4 Å². The predicted octanol–water partition coefficient (Wildman–Crippen LogP) is 2.58. The van der Waals surface area contributed by atoms with Gasteiger partial charge in [-0.05, 0) is 12.1 Å². The molecule has 2 heterocycles. The highest BCUT2D eigenvalue weighted by Crippen LogP contribution is 2.26. The van der Waals surface area contributed by atoms with Crippen LogP contribution in [0.1, 0.15) is 10.7 Å². The van der Waals surface area contributed by atoms with Crippen LogP contribution in [0.3, 0.4) is 0 Å². The van der Waals surface area contributed by atoms with E-state index in [1.807, 2.05) is 18.2 Å². The number of benzene rings is 1. The zero-order chi connectivity index (χ0) is 14.7. The molecule has 0 unspecified atom stereocenters. The summed E-state index contributed by atoms with van der Waals surface area (Å²) in [7, 11) is 0. The van der Waals surface area contributed by atoms with Crippen LogP contribution in [0.4, 0.5) is 5.69 Å². The molecule has 0 bridgehead atoms. The van der Waals surface area contributed by atoms with Gasteiger partial charge in [0.1, 0.15) is 5.01 Å². The lowest BCUT2D eigenvalue weighted by atomic mass is 10.2. The van der Waals surface area contributed by atoms with Crippen molar-refractivity contribution < 1.29 is 0 Å². The molecule has 1 aromatic heterocycles. The zero-order valence-corrected chi connectivity index (χ0v) is 13.4. The molecule has 1 aliphatic rings. The Bertz CT molecular complexity index is 593. The van der Waals surface area contributed by atoms with Crippen LogP contribution in [0.2, 0.25) is 5.02 Å². The third kappa shape index (κ3) is 3.55. The van der Waals surface area contributed by atoms with Crippen LogP contribution < -0.4 is 10.6 Å². The summed E-state index contributed by atoms with van der Waals surface area (Å²) in [5.41, 5.74) is 7.88. The van der Waals surface area contributed by atoms with Gasteiger partial charge in [0.25, 0.3) is 0 Å². The maximum absolute atomic E-state index is 6.27. The monoisotopic (exact) mass is 322 g/mol. The van der Waals surface area contributed by atoms with Crippen molar-refractivity contribution in [2.45, 2.75) is 13.1 Å². The van der Waals surface area contributed by atoms with E-state index in [0.717, 1.165) is 54.1 Å². The van der Waals surface area contributed by atoms with E-state index in [1.165, 1.54) is 0 Å². The van der Waals surface area contributed by atoms with Crippen LogP contribution in [0.5, 0.6) is 0 Å². The Morgan fingerprint density at radius 3 is 2.62 bits per heavy atom. The fraction of sp³-hybridized carbons (Fsp3) is 0.400. The zero-order valence-electron chi connectivity index (χ0n) is 11.8. The van der Waals surface area contributed by atoms with E-state index in [2.05, 4.69) is 26.2 Å². The molecule has 2 aromatic rings. The summed E-state index contributed by atoms with van der Waals surface area (Å²) in [6.07, 6.45) is 0. The fourth-order valence-electron chi connectivity index (χ4n) is 2.60. The van der Waals surface area contributed by atoms with Crippen LogP contribution in [-0.4, -0.2) is 36.1 Å². The Morgan fingerprint density at radius 2 is 1.95 bits per heavy atom. The van der Waals surface area contributed by atoms with Gasteiger partial charge in [0.05, 0.1) is 16.4 Å². The second kappa shape index (κ2) is 6.75. The molecule has 21 heavy (non-hydrogen) atoms. The van der Waals surface area contributed by atoms with Crippen molar-refractivity contribution in [2.24, 2.45) is 5.73 Å². The molecular formula is C15H19ClN4S. The summed E-state index contributed by atoms with van der Waals surface area (Å²) in [6, 6.07) is 8.05. The van der Waals surface area contributed by atoms with E-state index in [9.17, 15) is 0 Å². The van der Waals surface area contributed by atoms with Crippen LogP contribution >= 0.6 is 22.9 Å². The number of aromatic nitrogens is 1. The molecule has 0 amide bonds. The molecule has 0 spiro atoms. The summed E-state index contributed by atoms with van der Waals surface area (Å²) >= 11 is 7.91. The maximum atomic E-state index is 6.27. The molecule has 6 heteroatoms. The van der Waals surface area contributed by atoms with Gasteiger partial charge < -0.3 is 10.6 Å². The molecule has 4 nitrogen and oxygen atoms in total. The molecule has 1 aromatic carbocycles. The van der Waals surface area contributed by atoms with Gasteiger partial charge in [-0.25, -0.2) is 4.98 Å². The molecule has 0 atom stereocenters. The smallest absolute Gasteiger partial charge is 0.106 e. The molecule has 1 aliphatic heterocycles. The van der Waals surface area contributed by atoms with E-state index in [1.54, 1.807) is 11.3 Å². The summed E-state index contributed by atoms with van der Waals surface area (Å²) in [6.45, 7) is 5.49. The number of para-hydroxylation sites is 1. The third-order valence-electron chi connectivity index (χ3n) is 3.72. The van der Waals surface area contributed by atoms with Gasteiger partial charge in [-0.3, -0.25) is 4.90 Å². The van der Waals surface area contributed by atoms with E-state index in [4.69, 9.17) is 17.3 Å². The molecular weight excluding hydrogens is 304 g/mol. The topological polar surface area (TPSA) is 45.4 Å². The summed E-state index contributed by atoms with van der Waals surface area (Å²) in [5, 5.41) is 3.96. The van der Waals surface area contributed by atoms with E-state index in [0.29, 0.717) is 6.54 Å². The van der Waals surface area contributed by atoms with Gasteiger partial charge in [-0.1, -0.05) is 23.7 Å². The lowest BCUT2D eigenvalue weighted by Crippen LogP contribution is -2.46. The maximum Gasteiger partial charge on any atom is 0.106 e. The number of hydrogen-bond donors (Lipinski definition) is 1. The SMILES string of the molecule is NCc1nc(CN2CCN(c3ccccc3Cl)CC2)cs1. The molecule has 0 radical (unpaired) electrons. The average Bonchev–Trinajstić information content (AvgIpc) is 2.96. The number of anilines is 1. The van der Waals surface area contributed by atoms with Gasteiger partial charge in [0.15, 0.2) is 0 Å². The van der Waals surface area contributed by atoms with Crippen molar-refractivity contribution in [3.8, 4) is 0 Å². The van der Waals surface area contributed by atoms with Crippen molar-refractivity contribution >= 4 is 28.6 Å². The van der Waals surface area contributed by atoms with Gasteiger partial charge in [0.2, 0.25) is 0 Å². The lowest BCUT2D eigenvalue weighted by Gasteiger charge is -2.36. The summed E-state index contributed by atoms with van der Waals surface area (Å²) in [5.74, 6) is 0. The first-order valence-corrected chi connectivity index (χ1v) is 8.37. The summed E-state index contributed by atoms with van der Waals surface area (Å²) in [4.78, 5) is 9.32. The van der Waals surface area contributed by atoms with E-state index < -0.39 is 0 Å². The quantitative estimate of drug-likeness (QED) is 0.939. The number of nitrogens with zero attached hydrogens (tertiary/aromatic N) is 3. The first-order valence-electron chi connectivity index (χ1n) is 7.11. The Balaban J connectivity index is 1.56. The van der Waals surface area contributed by atoms with Crippen molar-refractivity contribution in [3.63, 3.8) is 0 Å². The van der Waals surface area contributed by atoms with Crippen LogP contribution in [0.25, 0.3) is 0 Å². The number of hydrogen-bond acceptors (Lipinski definition) is 5. The third-order valence-corrected chi connectivity index (χ3v) is 4.96. The Kier molecular flexibility index (Phi) is 4.75. The van der Waals surface area contributed by atoms with Crippen LogP contribution in [0, 0.1) is 0 Å². The number of thiazole rings is 1. The van der Waals surface area contributed by atoms with Gasteiger partial charge in [-0.15, -0.1) is 11.3 Å². The highest BCUT2D eigenvalue weighted by molar-refractivity contribution is 7.09. The lowest BCUT2D eigenvalue weighted by molar-refractivity contribution is 0.247. The second-order valence-corrected chi connectivity index (χ2v) is 6.50. The minimum Gasteiger partial charge on any atom is -0.368 e. The molecule has 1 saturated heterocycles. The minimum atomic E-state index is 0.533. The van der Waals surface area contributed by atoms with E-state index in [-0.39, 0.29) is 0 Å². The Hall–Kier alpha value is -1.14. The largest absolute Gasteiger partial charge is 0.368 e. The van der Waals surface area contributed by atoms with Crippen molar-refractivity contribution in [2.75, 3.05) is 31.1 Å². The summed E-state index contributed by atoms with van der Waals surface area (Å²) < 4.78 is 0. The number of halogens is 1. The second-order valence-electron chi connectivity index (χ2n) is 5.15. The molecule has 0 aliphatic carbocycles. The standard InChI is InChI=1S/C15H19ClN4S/c16-13-3-1-2-4-14(13)20-7-5-19(6-8-20)10-12-11-21-15(9-17)18-12/h1-4,11H,5-10,17H2. The molecule has 1 fully saturated rings. The predicted molar refractivity (Wildman–Crippen MR) is 88.9 cm³/mol. The number of piperazine rings is 1. The van der Waals surface area contributed by atoms with Gasteiger partial charge in [0, 0.05) is 44.6 Å². The van der Waals surface area contributed by atoms with Gasteiger partial charge >= 0.3 is 0 Å². The molecule has 2 N–H and O–H groups in total. The highest BCUT2D eigenvalue weighted by Gasteiger charge is 2.19. The van der Waals surface area contributed by atoms with E-state index >= 15 is 0 Å². The number of rotatable bonds is 4. The first kappa shape index (κ1) is 14.8. The minimum absolute atomic E-state index is 0.533. The highest BCUT2D eigenvalue weighted by atomic mass is 35.5. The first-order chi connectivity index (χ1) is 10.3. The molecule has 3 rings (SSSR count). The Labute approximate surface area is 134 Å².